The average molecular weight is 353 g/mol. The Hall–Kier alpha value is -2.40. The lowest BCUT2D eigenvalue weighted by molar-refractivity contribution is 0.0857. The second kappa shape index (κ2) is 7.87. The molecule has 3 rings (SSSR count). The fourth-order valence-electron chi connectivity index (χ4n) is 3.10. The first-order valence-electron chi connectivity index (χ1n) is 9.16. The van der Waals surface area contributed by atoms with Crippen molar-refractivity contribution in [3.63, 3.8) is 0 Å². The van der Waals surface area contributed by atoms with Crippen LogP contribution in [0, 0.1) is 0 Å². The van der Waals surface area contributed by atoms with Gasteiger partial charge in [-0.2, -0.15) is 0 Å². The molecule has 0 radical (unpaired) electrons. The number of amides is 1. The van der Waals surface area contributed by atoms with E-state index in [1.807, 2.05) is 24.3 Å². The summed E-state index contributed by atoms with van der Waals surface area (Å²) >= 11 is 0. The number of rotatable bonds is 5. The molecule has 0 spiro atoms. The van der Waals surface area contributed by atoms with E-state index in [9.17, 15) is 4.79 Å². The van der Waals surface area contributed by atoms with E-state index in [4.69, 9.17) is 4.74 Å². The minimum Gasteiger partial charge on any atom is -0.376 e. The van der Waals surface area contributed by atoms with Crippen molar-refractivity contribution in [3.8, 4) is 0 Å². The molecule has 138 valence electrons. The summed E-state index contributed by atoms with van der Waals surface area (Å²) in [5, 5.41) is 6.27. The highest BCUT2D eigenvalue weighted by molar-refractivity contribution is 5.94. The summed E-state index contributed by atoms with van der Waals surface area (Å²) in [5.41, 5.74) is 2.84. The maximum atomic E-state index is 12.2. The van der Waals surface area contributed by atoms with E-state index >= 15 is 0 Å². The average Bonchev–Trinajstić information content (AvgIpc) is 3.13. The van der Waals surface area contributed by atoms with Gasteiger partial charge in [0.15, 0.2) is 0 Å². The van der Waals surface area contributed by atoms with Gasteiger partial charge >= 0.3 is 0 Å². The first-order valence-corrected chi connectivity index (χ1v) is 9.16. The van der Waals surface area contributed by atoms with Crippen LogP contribution in [0.15, 0.2) is 42.6 Å². The predicted molar refractivity (Wildman–Crippen MR) is 104 cm³/mol. The largest absolute Gasteiger partial charge is 0.376 e. The Balaban J connectivity index is 1.64. The summed E-state index contributed by atoms with van der Waals surface area (Å²) in [6.07, 6.45) is 3.82. The second-order valence-corrected chi connectivity index (χ2v) is 7.70. The molecule has 0 aliphatic carbocycles. The molecule has 1 aliphatic heterocycles. The smallest absolute Gasteiger partial charge is 0.252 e. The molecule has 26 heavy (non-hydrogen) atoms. The number of aromatic nitrogens is 1. The topological polar surface area (TPSA) is 63.2 Å². The number of benzene rings is 1. The fraction of sp³-hybridized carbons (Fsp3) is 0.429. The number of ether oxygens (including phenoxy) is 1. The molecular formula is C21H27N3O2. The van der Waals surface area contributed by atoms with Gasteiger partial charge in [0.2, 0.25) is 0 Å². The van der Waals surface area contributed by atoms with Crippen LogP contribution >= 0.6 is 0 Å². The van der Waals surface area contributed by atoms with Gasteiger partial charge in [0, 0.05) is 25.0 Å². The molecule has 0 bridgehead atoms. The Kier molecular flexibility index (Phi) is 5.57. The maximum absolute atomic E-state index is 12.2. The lowest BCUT2D eigenvalue weighted by atomic mass is 9.86. The molecular weight excluding hydrogens is 326 g/mol. The van der Waals surface area contributed by atoms with Crippen LogP contribution < -0.4 is 10.6 Å². The number of carbonyl (C=O) groups excluding carboxylic acids is 1. The molecule has 1 aromatic heterocycles. The zero-order chi connectivity index (χ0) is 18.6. The molecule has 5 heteroatoms. The number of carbonyl (C=O) groups is 1. The van der Waals surface area contributed by atoms with E-state index in [0.717, 1.165) is 31.0 Å². The summed E-state index contributed by atoms with van der Waals surface area (Å²) in [6, 6.07) is 11.8. The fourth-order valence-corrected chi connectivity index (χ4v) is 3.10. The third kappa shape index (κ3) is 4.61. The van der Waals surface area contributed by atoms with Gasteiger partial charge in [0.25, 0.3) is 5.91 Å². The summed E-state index contributed by atoms with van der Waals surface area (Å²) < 4.78 is 5.52. The van der Waals surface area contributed by atoms with Crippen LogP contribution in [-0.4, -0.2) is 30.1 Å². The summed E-state index contributed by atoms with van der Waals surface area (Å²) in [6.45, 7) is 7.89. The lowest BCUT2D eigenvalue weighted by Gasteiger charge is -2.23. The molecule has 1 fully saturated rings. The van der Waals surface area contributed by atoms with Gasteiger partial charge in [-0.1, -0.05) is 39.0 Å². The molecule has 1 unspecified atom stereocenters. The van der Waals surface area contributed by atoms with Gasteiger partial charge in [0.1, 0.15) is 5.82 Å². The Bertz CT molecular complexity index is 745. The zero-order valence-corrected chi connectivity index (χ0v) is 15.7. The molecule has 1 amide bonds. The number of nitrogens with one attached hydrogen (secondary N) is 2. The summed E-state index contributed by atoms with van der Waals surface area (Å²) in [5.74, 6) is 0.604. The Morgan fingerprint density at radius 1 is 1.23 bits per heavy atom. The van der Waals surface area contributed by atoms with Crippen molar-refractivity contribution in [2.75, 3.05) is 18.5 Å². The van der Waals surface area contributed by atoms with Crippen LogP contribution in [-0.2, 0) is 10.2 Å². The SMILES string of the molecule is CC(C)(C)c1ccccc1Nc1ccc(C(=O)NCC2CCCO2)cn1. The van der Waals surface area contributed by atoms with Crippen molar-refractivity contribution < 1.29 is 9.53 Å². The van der Waals surface area contributed by atoms with E-state index in [-0.39, 0.29) is 17.4 Å². The normalized spacial score (nSPS) is 17.1. The summed E-state index contributed by atoms with van der Waals surface area (Å²) in [4.78, 5) is 16.6. The number of anilines is 2. The zero-order valence-electron chi connectivity index (χ0n) is 15.7. The van der Waals surface area contributed by atoms with Gasteiger partial charge in [-0.05, 0) is 42.0 Å². The molecule has 2 heterocycles. The Morgan fingerprint density at radius 3 is 2.69 bits per heavy atom. The van der Waals surface area contributed by atoms with Gasteiger partial charge in [-0.25, -0.2) is 4.98 Å². The highest BCUT2D eigenvalue weighted by Crippen LogP contribution is 2.30. The molecule has 2 N–H and O–H groups in total. The van der Waals surface area contributed by atoms with E-state index in [1.54, 1.807) is 12.3 Å². The summed E-state index contributed by atoms with van der Waals surface area (Å²) in [7, 11) is 0. The van der Waals surface area contributed by atoms with Crippen molar-refractivity contribution in [2.45, 2.75) is 45.1 Å². The highest BCUT2D eigenvalue weighted by atomic mass is 16.5. The van der Waals surface area contributed by atoms with E-state index in [1.165, 1.54) is 5.56 Å². The number of hydrogen-bond donors (Lipinski definition) is 2. The quantitative estimate of drug-likeness (QED) is 0.852. The van der Waals surface area contributed by atoms with Gasteiger partial charge in [-0.3, -0.25) is 4.79 Å². The van der Waals surface area contributed by atoms with Crippen molar-refractivity contribution in [1.29, 1.82) is 0 Å². The van der Waals surface area contributed by atoms with Crippen molar-refractivity contribution >= 4 is 17.4 Å². The Morgan fingerprint density at radius 2 is 2.04 bits per heavy atom. The van der Waals surface area contributed by atoms with Gasteiger partial charge < -0.3 is 15.4 Å². The van der Waals surface area contributed by atoms with E-state index in [2.05, 4.69) is 42.5 Å². The van der Waals surface area contributed by atoms with Crippen LogP contribution in [0.2, 0.25) is 0 Å². The van der Waals surface area contributed by atoms with Crippen LogP contribution in [0.25, 0.3) is 0 Å². The molecule has 2 aromatic rings. The number of hydrogen-bond acceptors (Lipinski definition) is 4. The first-order chi connectivity index (χ1) is 12.4. The highest BCUT2D eigenvalue weighted by Gasteiger charge is 2.18. The molecule has 1 aromatic carbocycles. The minimum absolute atomic E-state index is 0.0335. The van der Waals surface area contributed by atoms with Crippen LogP contribution in [0.3, 0.4) is 0 Å². The van der Waals surface area contributed by atoms with Crippen LogP contribution in [0.4, 0.5) is 11.5 Å². The Labute approximate surface area is 155 Å². The van der Waals surface area contributed by atoms with Crippen LogP contribution in [0.5, 0.6) is 0 Å². The first kappa shape index (κ1) is 18.4. The predicted octanol–water partition coefficient (Wildman–Crippen LogP) is 4.03. The number of nitrogens with zero attached hydrogens (tertiary/aromatic N) is 1. The standard InChI is InChI=1S/C21H27N3O2/c1-21(2,3)17-8-4-5-9-18(17)24-19-11-10-15(13-22-19)20(25)23-14-16-7-6-12-26-16/h4-5,8-11,13,16H,6-7,12,14H2,1-3H3,(H,22,24)(H,23,25). The minimum atomic E-state index is -0.116. The van der Waals surface area contributed by atoms with Crippen molar-refractivity contribution in [3.05, 3.63) is 53.7 Å². The van der Waals surface area contributed by atoms with E-state index in [0.29, 0.717) is 12.1 Å². The monoisotopic (exact) mass is 353 g/mol. The molecule has 5 nitrogen and oxygen atoms in total. The molecule has 1 saturated heterocycles. The molecule has 1 aliphatic rings. The lowest BCUT2D eigenvalue weighted by Crippen LogP contribution is -2.31. The second-order valence-electron chi connectivity index (χ2n) is 7.70. The van der Waals surface area contributed by atoms with Crippen molar-refractivity contribution in [1.82, 2.24) is 10.3 Å². The number of para-hydroxylation sites is 1. The molecule has 1 atom stereocenters. The molecule has 0 saturated carbocycles. The van der Waals surface area contributed by atoms with Crippen molar-refractivity contribution in [2.24, 2.45) is 0 Å². The van der Waals surface area contributed by atoms with Gasteiger partial charge in [0.05, 0.1) is 11.7 Å². The third-order valence-corrected chi connectivity index (χ3v) is 4.54. The maximum Gasteiger partial charge on any atom is 0.252 e. The third-order valence-electron chi connectivity index (χ3n) is 4.54. The van der Waals surface area contributed by atoms with Crippen LogP contribution in [0.1, 0.15) is 49.5 Å². The van der Waals surface area contributed by atoms with E-state index < -0.39 is 0 Å². The van der Waals surface area contributed by atoms with Gasteiger partial charge in [-0.15, -0.1) is 0 Å². The number of pyridine rings is 1.